The van der Waals surface area contributed by atoms with Gasteiger partial charge in [-0.1, -0.05) is 6.92 Å². The molecule has 39 heavy (non-hydrogen) atoms. The fraction of sp³-hybridized carbons (Fsp3) is 0.414. The van der Waals surface area contributed by atoms with Crippen molar-refractivity contribution in [2.75, 3.05) is 6.61 Å². The number of rotatable bonds is 8. The van der Waals surface area contributed by atoms with Gasteiger partial charge in [-0.2, -0.15) is 0 Å². The number of hydrogen-bond donors (Lipinski definition) is 3. The molecule has 3 aromatic rings. The Morgan fingerprint density at radius 1 is 1.13 bits per heavy atom. The van der Waals surface area contributed by atoms with E-state index >= 15 is 0 Å². The second kappa shape index (κ2) is 11.4. The molecule has 0 radical (unpaired) electrons. The maximum absolute atomic E-state index is 14.9. The van der Waals surface area contributed by atoms with Gasteiger partial charge in [0, 0.05) is 37.0 Å². The lowest BCUT2D eigenvalue weighted by Crippen LogP contribution is -2.44. The van der Waals surface area contributed by atoms with Crippen LogP contribution in [0.2, 0.25) is 0 Å². The monoisotopic (exact) mass is 543 g/mol. The summed E-state index contributed by atoms with van der Waals surface area (Å²) >= 11 is 0. The van der Waals surface area contributed by atoms with Gasteiger partial charge in [0.25, 0.3) is 0 Å². The second-order valence-corrected chi connectivity index (χ2v) is 10.9. The van der Waals surface area contributed by atoms with Gasteiger partial charge in [-0.15, -0.1) is 0 Å². The molecule has 0 spiro atoms. The van der Waals surface area contributed by atoms with Crippen LogP contribution in [0.1, 0.15) is 61.1 Å². The topological polar surface area (TPSA) is 119 Å². The third-order valence-electron chi connectivity index (χ3n) is 6.94. The van der Waals surface area contributed by atoms with E-state index in [1.165, 1.54) is 19.9 Å². The summed E-state index contributed by atoms with van der Waals surface area (Å²) in [6.45, 7) is 4.65. The largest absolute Gasteiger partial charge is 0.490 e. The lowest BCUT2D eigenvalue weighted by Gasteiger charge is -2.36. The molecule has 4 N–H and O–H groups in total. The van der Waals surface area contributed by atoms with Gasteiger partial charge in [0.15, 0.2) is 5.78 Å². The van der Waals surface area contributed by atoms with Crippen molar-refractivity contribution in [2.45, 2.75) is 63.7 Å². The highest BCUT2D eigenvalue weighted by Crippen LogP contribution is 2.37. The Balaban J connectivity index is 1.60. The number of aliphatic hydroxyl groups excluding tert-OH is 1. The lowest BCUT2D eigenvalue weighted by molar-refractivity contribution is 0.0282. The molecule has 7 nitrogen and oxygen atoms in total. The van der Waals surface area contributed by atoms with Crippen LogP contribution in [0.15, 0.2) is 42.7 Å². The van der Waals surface area contributed by atoms with E-state index in [0.29, 0.717) is 18.4 Å². The Bertz CT molecular complexity index is 1330. The predicted molar refractivity (Wildman–Crippen MR) is 139 cm³/mol. The fourth-order valence-electron chi connectivity index (χ4n) is 4.97. The summed E-state index contributed by atoms with van der Waals surface area (Å²) in [5, 5.41) is 20.0. The van der Waals surface area contributed by atoms with Crippen LogP contribution in [0.25, 0.3) is 11.3 Å². The average Bonchev–Trinajstić information content (AvgIpc) is 2.86. The quantitative estimate of drug-likeness (QED) is 0.362. The van der Waals surface area contributed by atoms with Gasteiger partial charge in [-0.3, -0.25) is 9.78 Å². The predicted octanol–water partition coefficient (Wildman–Crippen LogP) is 4.34. The molecule has 1 fully saturated rings. The summed E-state index contributed by atoms with van der Waals surface area (Å²) in [6.07, 6.45) is 3.72. The molecule has 1 aliphatic carbocycles. The number of aliphatic hydroxyl groups is 2. The summed E-state index contributed by atoms with van der Waals surface area (Å²) in [4.78, 5) is 21.4. The summed E-state index contributed by atoms with van der Waals surface area (Å²) in [5.74, 6) is -3.93. The first kappa shape index (κ1) is 28.7. The highest BCUT2D eigenvalue weighted by molar-refractivity contribution is 5.96. The molecule has 0 aliphatic heterocycles. The van der Waals surface area contributed by atoms with Crippen molar-refractivity contribution >= 4 is 5.78 Å². The zero-order chi connectivity index (χ0) is 28.5. The van der Waals surface area contributed by atoms with E-state index in [9.17, 15) is 28.2 Å². The highest BCUT2D eigenvalue weighted by atomic mass is 19.1. The van der Waals surface area contributed by atoms with Crippen LogP contribution in [-0.4, -0.2) is 50.3 Å². The maximum Gasteiger partial charge on any atom is 0.185 e. The van der Waals surface area contributed by atoms with Crippen LogP contribution in [0, 0.1) is 23.4 Å². The molecule has 208 valence electrons. The molecule has 2 aromatic heterocycles. The van der Waals surface area contributed by atoms with Gasteiger partial charge >= 0.3 is 0 Å². The summed E-state index contributed by atoms with van der Waals surface area (Å²) < 4.78 is 49.8. The Hall–Kier alpha value is -3.34. The fourth-order valence-corrected chi connectivity index (χ4v) is 4.97. The van der Waals surface area contributed by atoms with Crippen LogP contribution in [0.3, 0.4) is 0 Å². The van der Waals surface area contributed by atoms with Crippen molar-refractivity contribution in [1.82, 2.24) is 9.97 Å². The van der Waals surface area contributed by atoms with Gasteiger partial charge in [-0.25, -0.2) is 18.2 Å². The lowest BCUT2D eigenvalue weighted by atomic mass is 9.74. The van der Waals surface area contributed by atoms with Crippen molar-refractivity contribution < 1.29 is 32.9 Å². The van der Waals surface area contributed by atoms with Crippen LogP contribution in [0.4, 0.5) is 13.2 Å². The van der Waals surface area contributed by atoms with Crippen molar-refractivity contribution in [3.05, 3.63) is 77.0 Å². The third-order valence-corrected chi connectivity index (χ3v) is 6.94. The standard InChI is InChI=1S/C29H32F3N3O4/c1-15-8-16(9-23(33)28(15)37)19-6-7-34-13-17(19)10-25(36)24-5-4-20(30)27(35-24)26-21(31)11-18(12-22(26)32)39-14-29(2,3)38/h4-7,11-13,15-16,23,28,37-38H,8-10,14,33H2,1-3H3/t15-,16+,23+,28+/m0/s1. The van der Waals surface area contributed by atoms with Crippen molar-refractivity contribution in [1.29, 1.82) is 0 Å². The first-order valence-electron chi connectivity index (χ1n) is 12.7. The molecule has 10 heteroatoms. The van der Waals surface area contributed by atoms with E-state index < -0.39 is 52.2 Å². The normalized spacial score (nSPS) is 21.6. The van der Waals surface area contributed by atoms with Crippen molar-refractivity contribution in [3.8, 4) is 17.0 Å². The number of nitrogens with zero attached hydrogens (tertiary/aromatic N) is 2. The number of halogens is 3. The van der Waals surface area contributed by atoms with Crippen molar-refractivity contribution in [3.63, 3.8) is 0 Å². The first-order valence-corrected chi connectivity index (χ1v) is 12.7. The van der Waals surface area contributed by atoms with Gasteiger partial charge in [0.05, 0.1) is 17.3 Å². The van der Waals surface area contributed by atoms with Crippen LogP contribution in [-0.2, 0) is 6.42 Å². The van der Waals surface area contributed by atoms with E-state index in [0.717, 1.165) is 23.8 Å². The molecule has 0 saturated heterocycles. The first-order chi connectivity index (χ1) is 18.3. The zero-order valence-corrected chi connectivity index (χ0v) is 22.0. The number of Topliss-reactive ketones (excluding diaryl/α,β-unsaturated/α-hetero) is 1. The zero-order valence-electron chi connectivity index (χ0n) is 22.0. The molecule has 4 atom stereocenters. The van der Waals surface area contributed by atoms with E-state index in [4.69, 9.17) is 10.5 Å². The highest BCUT2D eigenvalue weighted by Gasteiger charge is 2.34. The number of pyridine rings is 2. The number of benzene rings is 1. The Morgan fingerprint density at radius 3 is 2.46 bits per heavy atom. The molecule has 1 saturated carbocycles. The average molecular weight is 544 g/mol. The van der Waals surface area contributed by atoms with Crippen molar-refractivity contribution in [2.24, 2.45) is 11.7 Å². The summed E-state index contributed by atoms with van der Waals surface area (Å²) in [6, 6.07) is 5.28. The molecular weight excluding hydrogens is 511 g/mol. The van der Waals surface area contributed by atoms with E-state index in [-0.39, 0.29) is 36.3 Å². The van der Waals surface area contributed by atoms with E-state index in [1.54, 1.807) is 12.4 Å². The summed E-state index contributed by atoms with van der Waals surface area (Å²) in [5.41, 5.74) is 4.89. The van der Waals surface area contributed by atoms with Gasteiger partial charge in [-0.05, 0) is 67.9 Å². The smallest absolute Gasteiger partial charge is 0.185 e. The maximum atomic E-state index is 14.9. The Kier molecular flexibility index (Phi) is 8.39. The Morgan fingerprint density at radius 2 is 1.82 bits per heavy atom. The molecule has 0 bridgehead atoms. The molecule has 1 aliphatic rings. The van der Waals surface area contributed by atoms with Gasteiger partial charge in [0.1, 0.15) is 41.2 Å². The molecule has 4 rings (SSSR count). The van der Waals surface area contributed by atoms with Crippen LogP contribution < -0.4 is 10.5 Å². The number of carbonyl (C=O) groups is 1. The number of ketones is 1. The SMILES string of the molecule is C[C@H]1C[C@@H](c2ccncc2CC(=O)c2ccc(F)c(-c3c(F)cc(OCC(C)(C)O)cc3F)n2)C[C@@H](N)[C@@H]1O. The third kappa shape index (κ3) is 6.63. The molecule has 2 heterocycles. The van der Waals surface area contributed by atoms with Gasteiger partial charge in [0.2, 0.25) is 0 Å². The minimum absolute atomic E-state index is 0.0151. The van der Waals surface area contributed by atoms with E-state index in [2.05, 4.69) is 9.97 Å². The number of nitrogens with two attached hydrogens (primary N) is 1. The molecule has 1 aromatic carbocycles. The number of carbonyl (C=O) groups excluding carboxylic acids is 1. The molecule has 0 unspecified atom stereocenters. The Labute approximate surface area is 224 Å². The van der Waals surface area contributed by atoms with E-state index in [1.807, 2.05) is 13.0 Å². The minimum atomic E-state index is -1.23. The second-order valence-electron chi connectivity index (χ2n) is 10.9. The molecular formula is C29H32F3N3O4. The van der Waals surface area contributed by atoms with Crippen LogP contribution >= 0.6 is 0 Å². The number of aromatic nitrogens is 2. The number of hydrogen-bond acceptors (Lipinski definition) is 7. The van der Waals surface area contributed by atoms with Crippen LogP contribution in [0.5, 0.6) is 5.75 Å². The molecule has 0 amide bonds. The number of ether oxygens (including phenoxy) is 1. The minimum Gasteiger partial charge on any atom is -0.490 e. The summed E-state index contributed by atoms with van der Waals surface area (Å²) in [7, 11) is 0. The van der Waals surface area contributed by atoms with Gasteiger partial charge < -0.3 is 20.7 Å².